The molecule has 0 spiro atoms. The van der Waals surface area contributed by atoms with Crippen LogP contribution in [0.5, 0.6) is 0 Å². The number of benzene rings is 2. The van der Waals surface area contributed by atoms with Crippen LogP contribution in [0.15, 0.2) is 42.5 Å². The predicted octanol–water partition coefficient (Wildman–Crippen LogP) is 3.77. The number of halogens is 1. The molecule has 2 aromatic carbocycles. The first-order valence-corrected chi connectivity index (χ1v) is 8.93. The summed E-state index contributed by atoms with van der Waals surface area (Å²) in [6, 6.07) is 12.1. The standard InChI is InChI=1S/C19H20ClN3O3/c20-16-7-8-17(18(11-16)23(25)26)19(24)21-12-14-3-5-15(6-4-14)13-22-9-1-2-10-22/h3-8,11H,1-2,9-10,12-13H2,(H,21,24). The summed E-state index contributed by atoms with van der Waals surface area (Å²) < 4.78 is 0. The summed E-state index contributed by atoms with van der Waals surface area (Å²) in [5.41, 5.74) is 1.90. The zero-order valence-electron chi connectivity index (χ0n) is 14.3. The summed E-state index contributed by atoms with van der Waals surface area (Å²) in [6.45, 7) is 3.56. The molecule has 136 valence electrons. The van der Waals surface area contributed by atoms with E-state index in [-0.39, 0.29) is 16.3 Å². The van der Waals surface area contributed by atoms with Crippen molar-refractivity contribution < 1.29 is 9.72 Å². The van der Waals surface area contributed by atoms with Crippen LogP contribution in [0, 0.1) is 10.1 Å². The number of nitrogens with one attached hydrogen (secondary N) is 1. The van der Waals surface area contributed by atoms with Gasteiger partial charge in [-0.1, -0.05) is 35.9 Å². The van der Waals surface area contributed by atoms with Gasteiger partial charge in [0.15, 0.2) is 0 Å². The Labute approximate surface area is 156 Å². The van der Waals surface area contributed by atoms with Gasteiger partial charge in [-0.2, -0.15) is 0 Å². The maximum absolute atomic E-state index is 12.3. The summed E-state index contributed by atoms with van der Waals surface area (Å²) >= 11 is 5.77. The van der Waals surface area contributed by atoms with Crippen molar-refractivity contribution in [2.75, 3.05) is 13.1 Å². The van der Waals surface area contributed by atoms with Crippen molar-refractivity contribution in [2.45, 2.75) is 25.9 Å². The van der Waals surface area contributed by atoms with Gasteiger partial charge in [0.25, 0.3) is 11.6 Å². The molecule has 1 saturated heterocycles. The van der Waals surface area contributed by atoms with E-state index in [9.17, 15) is 14.9 Å². The van der Waals surface area contributed by atoms with E-state index in [4.69, 9.17) is 11.6 Å². The van der Waals surface area contributed by atoms with Gasteiger partial charge in [0.1, 0.15) is 5.56 Å². The maximum atomic E-state index is 12.3. The van der Waals surface area contributed by atoms with E-state index in [1.165, 1.54) is 36.6 Å². The molecule has 26 heavy (non-hydrogen) atoms. The maximum Gasteiger partial charge on any atom is 0.283 e. The normalized spacial score (nSPS) is 14.3. The fourth-order valence-corrected chi connectivity index (χ4v) is 3.25. The van der Waals surface area contributed by atoms with E-state index >= 15 is 0 Å². The Morgan fingerprint density at radius 2 is 1.77 bits per heavy atom. The van der Waals surface area contributed by atoms with Crippen LogP contribution in [-0.2, 0) is 13.1 Å². The molecule has 1 aliphatic heterocycles. The lowest BCUT2D eigenvalue weighted by atomic mass is 10.1. The number of carbonyl (C=O) groups is 1. The van der Waals surface area contributed by atoms with Crippen LogP contribution in [0.4, 0.5) is 5.69 Å². The first-order valence-electron chi connectivity index (χ1n) is 8.55. The number of hydrogen-bond donors (Lipinski definition) is 1. The summed E-state index contributed by atoms with van der Waals surface area (Å²) in [5.74, 6) is -0.491. The monoisotopic (exact) mass is 373 g/mol. The quantitative estimate of drug-likeness (QED) is 0.617. The highest BCUT2D eigenvalue weighted by Gasteiger charge is 2.20. The van der Waals surface area contributed by atoms with Crippen molar-refractivity contribution in [3.63, 3.8) is 0 Å². The lowest BCUT2D eigenvalue weighted by Crippen LogP contribution is -2.23. The molecule has 0 aliphatic carbocycles. The number of nitrogens with zero attached hydrogens (tertiary/aromatic N) is 2. The fourth-order valence-electron chi connectivity index (χ4n) is 3.09. The topological polar surface area (TPSA) is 75.5 Å². The van der Waals surface area contributed by atoms with E-state index in [0.717, 1.165) is 25.2 Å². The average Bonchev–Trinajstić information content (AvgIpc) is 3.13. The van der Waals surface area contributed by atoms with E-state index in [1.807, 2.05) is 12.1 Å². The Kier molecular flexibility index (Phi) is 5.85. The van der Waals surface area contributed by atoms with Gasteiger partial charge in [-0.3, -0.25) is 19.8 Å². The van der Waals surface area contributed by atoms with Crippen molar-refractivity contribution in [1.82, 2.24) is 10.2 Å². The van der Waals surface area contributed by atoms with E-state index in [1.54, 1.807) is 0 Å². The first-order chi connectivity index (χ1) is 12.5. The van der Waals surface area contributed by atoms with Crippen molar-refractivity contribution in [2.24, 2.45) is 0 Å². The molecule has 1 amide bonds. The molecule has 1 fully saturated rings. The molecule has 1 aliphatic rings. The van der Waals surface area contributed by atoms with Gasteiger partial charge in [-0.05, 0) is 49.2 Å². The minimum Gasteiger partial charge on any atom is -0.348 e. The fraction of sp³-hybridized carbons (Fsp3) is 0.316. The lowest BCUT2D eigenvalue weighted by Gasteiger charge is -2.14. The zero-order valence-corrected chi connectivity index (χ0v) is 15.0. The Morgan fingerprint density at radius 1 is 1.12 bits per heavy atom. The highest BCUT2D eigenvalue weighted by atomic mass is 35.5. The molecule has 7 heteroatoms. The molecular weight excluding hydrogens is 354 g/mol. The Bertz CT molecular complexity index is 802. The molecule has 3 rings (SSSR count). The first kappa shape index (κ1) is 18.4. The molecule has 0 aromatic heterocycles. The number of amides is 1. The van der Waals surface area contributed by atoms with Crippen LogP contribution in [0.3, 0.4) is 0 Å². The van der Waals surface area contributed by atoms with Crippen LogP contribution in [0.25, 0.3) is 0 Å². The zero-order chi connectivity index (χ0) is 18.5. The molecule has 0 radical (unpaired) electrons. The number of carbonyl (C=O) groups excluding carboxylic acids is 1. The molecule has 0 unspecified atom stereocenters. The van der Waals surface area contributed by atoms with Gasteiger partial charge >= 0.3 is 0 Å². The van der Waals surface area contributed by atoms with Gasteiger partial charge in [-0.25, -0.2) is 0 Å². The minimum atomic E-state index is -0.603. The molecule has 0 atom stereocenters. The molecule has 2 aromatic rings. The second-order valence-corrected chi connectivity index (χ2v) is 6.84. The number of nitro benzene ring substituents is 1. The van der Waals surface area contributed by atoms with Crippen LogP contribution < -0.4 is 5.32 Å². The summed E-state index contributed by atoms with van der Waals surface area (Å²) in [7, 11) is 0. The SMILES string of the molecule is O=C(NCc1ccc(CN2CCCC2)cc1)c1ccc(Cl)cc1[N+](=O)[O-]. The van der Waals surface area contributed by atoms with E-state index in [2.05, 4.69) is 22.3 Å². The molecule has 1 heterocycles. The Hall–Kier alpha value is -2.44. The third-order valence-electron chi connectivity index (χ3n) is 4.48. The molecule has 1 N–H and O–H groups in total. The van der Waals surface area contributed by atoms with Gasteiger partial charge in [0, 0.05) is 24.2 Å². The summed E-state index contributed by atoms with van der Waals surface area (Å²) in [5, 5.41) is 14.0. The van der Waals surface area contributed by atoms with E-state index in [0.29, 0.717) is 6.54 Å². The lowest BCUT2D eigenvalue weighted by molar-refractivity contribution is -0.385. The molecular formula is C19H20ClN3O3. The van der Waals surface area contributed by atoms with Gasteiger partial charge in [-0.15, -0.1) is 0 Å². The van der Waals surface area contributed by atoms with Gasteiger partial charge < -0.3 is 5.32 Å². The van der Waals surface area contributed by atoms with Crippen LogP contribution in [0.2, 0.25) is 5.02 Å². The number of rotatable bonds is 6. The van der Waals surface area contributed by atoms with Crippen molar-refractivity contribution in [3.8, 4) is 0 Å². The van der Waals surface area contributed by atoms with Gasteiger partial charge in [0.2, 0.25) is 0 Å². The smallest absolute Gasteiger partial charge is 0.283 e. The summed E-state index contributed by atoms with van der Waals surface area (Å²) in [4.78, 5) is 25.2. The molecule has 6 nitrogen and oxygen atoms in total. The van der Waals surface area contributed by atoms with Crippen molar-refractivity contribution in [1.29, 1.82) is 0 Å². The largest absolute Gasteiger partial charge is 0.348 e. The van der Waals surface area contributed by atoms with Crippen LogP contribution in [0.1, 0.15) is 34.3 Å². The number of likely N-dealkylation sites (tertiary alicyclic amines) is 1. The third-order valence-corrected chi connectivity index (χ3v) is 4.72. The van der Waals surface area contributed by atoms with Crippen molar-refractivity contribution in [3.05, 3.63) is 74.3 Å². The predicted molar refractivity (Wildman–Crippen MR) is 100 cm³/mol. The minimum absolute atomic E-state index is 0.00468. The van der Waals surface area contributed by atoms with Gasteiger partial charge in [0.05, 0.1) is 4.92 Å². The second-order valence-electron chi connectivity index (χ2n) is 6.40. The second kappa shape index (κ2) is 8.29. The Morgan fingerprint density at radius 3 is 2.42 bits per heavy atom. The molecule has 0 saturated carbocycles. The highest BCUT2D eigenvalue weighted by Crippen LogP contribution is 2.23. The number of hydrogen-bond acceptors (Lipinski definition) is 4. The highest BCUT2D eigenvalue weighted by molar-refractivity contribution is 6.31. The third kappa shape index (κ3) is 4.59. The average molecular weight is 374 g/mol. The van der Waals surface area contributed by atoms with Crippen molar-refractivity contribution >= 4 is 23.2 Å². The van der Waals surface area contributed by atoms with E-state index < -0.39 is 10.8 Å². The Balaban J connectivity index is 1.60. The van der Waals surface area contributed by atoms with Crippen LogP contribution >= 0.6 is 11.6 Å². The molecule has 0 bridgehead atoms. The summed E-state index contributed by atoms with van der Waals surface area (Å²) in [6.07, 6.45) is 2.53. The van der Waals surface area contributed by atoms with Crippen LogP contribution in [-0.4, -0.2) is 28.8 Å². The number of nitro groups is 1.